The number of allylic oxidation sites excluding steroid dienone is 7. The standard InChI is InChI=1S/C21H30O6S/c1-5-13(2)20-14(3)12-16-10-11-18(27-28(24,25)26)15(4)21(16)17(20)8-6-7-9-19(22)23/h5-9,12,15-18,20-21H,10-11H2,1-4H3,(H,22,23)(H,24,25,26)/b8-6+,9-7+,13-5+/t15-,16+,17+,18-,20-,21+/m0/s1. The van der Waals surface area contributed by atoms with Gasteiger partial charge in [-0.25, -0.2) is 8.98 Å². The van der Waals surface area contributed by atoms with Crippen molar-refractivity contribution in [3.05, 3.63) is 47.6 Å². The fraction of sp³-hybridized carbons (Fsp3) is 0.571. The van der Waals surface area contributed by atoms with E-state index in [1.54, 1.807) is 6.08 Å². The van der Waals surface area contributed by atoms with Crippen LogP contribution in [0.3, 0.4) is 0 Å². The maximum Gasteiger partial charge on any atom is 0.397 e. The van der Waals surface area contributed by atoms with Gasteiger partial charge >= 0.3 is 16.4 Å². The molecule has 156 valence electrons. The van der Waals surface area contributed by atoms with E-state index in [1.165, 1.54) is 17.2 Å². The monoisotopic (exact) mass is 410 g/mol. The lowest BCUT2D eigenvalue weighted by Gasteiger charge is -2.49. The Morgan fingerprint density at radius 1 is 1.29 bits per heavy atom. The third-order valence-corrected chi connectivity index (χ3v) is 6.63. The van der Waals surface area contributed by atoms with Crippen molar-refractivity contribution in [1.82, 2.24) is 0 Å². The lowest BCUT2D eigenvalue weighted by Crippen LogP contribution is -2.45. The fourth-order valence-electron chi connectivity index (χ4n) is 4.95. The second-order valence-corrected chi connectivity index (χ2v) is 8.87. The Labute approximate surface area is 167 Å². The lowest BCUT2D eigenvalue weighted by atomic mass is 9.57. The fourth-order valence-corrected chi connectivity index (χ4v) is 5.54. The summed E-state index contributed by atoms with van der Waals surface area (Å²) < 4.78 is 36.6. The first-order valence-corrected chi connectivity index (χ1v) is 11.0. The van der Waals surface area contributed by atoms with Crippen molar-refractivity contribution in [2.45, 2.75) is 46.6 Å². The van der Waals surface area contributed by atoms with Crippen LogP contribution in [0.4, 0.5) is 0 Å². The summed E-state index contributed by atoms with van der Waals surface area (Å²) >= 11 is 0. The van der Waals surface area contributed by atoms with Gasteiger partial charge in [0.2, 0.25) is 0 Å². The van der Waals surface area contributed by atoms with E-state index in [4.69, 9.17) is 13.8 Å². The van der Waals surface area contributed by atoms with Crippen molar-refractivity contribution in [3.63, 3.8) is 0 Å². The number of carbonyl (C=O) groups is 1. The van der Waals surface area contributed by atoms with E-state index in [0.29, 0.717) is 6.42 Å². The minimum absolute atomic E-state index is 0.0763. The molecule has 0 unspecified atom stereocenters. The second-order valence-electron chi connectivity index (χ2n) is 7.82. The smallest absolute Gasteiger partial charge is 0.397 e. The molecule has 28 heavy (non-hydrogen) atoms. The number of carboxylic acids is 1. The molecule has 0 aliphatic heterocycles. The third kappa shape index (κ3) is 5.43. The van der Waals surface area contributed by atoms with Crippen molar-refractivity contribution in [1.29, 1.82) is 0 Å². The molecule has 1 saturated carbocycles. The Kier molecular flexibility index (Phi) is 7.42. The molecule has 0 aromatic heterocycles. The van der Waals surface area contributed by atoms with Crippen LogP contribution in [0, 0.1) is 29.6 Å². The van der Waals surface area contributed by atoms with Crippen LogP contribution >= 0.6 is 0 Å². The number of fused-ring (bicyclic) bond motifs is 1. The van der Waals surface area contributed by atoms with E-state index in [1.807, 2.05) is 19.9 Å². The van der Waals surface area contributed by atoms with E-state index in [0.717, 1.165) is 12.5 Å². The summed E-state index contributed by atoms with van der Waals surface area (Å²) in [5.41, 5.74) is 2.49. The van der Waals surface area contributed by atoms with Gasteiger partial charge in [0.1, 0.15) is 0 Å². The summed E-state index contributed by atoms with van der Waals surface area (Å²) in [5, 5.41) is 8.81. The number of aliphatic carboxylic acids is 1. The van der Waals surface area contributed by atoms with Crippen LogP contribution in [0.1, 0.15) is 40.5 Å². The van der Waals surface area contributed by atoms with Gasteiger partial charge in [-0.15, -0.1) is 0 Å². The summed E-state index contributed by atoms with van der Waals surface area (Å²) in [4.78, 5) is 10.7. The van der Waals surface area contributed by atoms with Gasteiger partial charge in [-0.1, -0.05) is 48.5 Å². The number of hydrogen-bond donors (Lipinski definition) is 2. The van der Waals surface area contributed by atoms with Gasteiger partial charge in [-0.3, -0.25) is 4.55 Å². The molecule has 0 spiro atoms. The van der Waals surface area contributed by atoms with Crippen molar-refractivity contribution < 1.29 is 27.1 Å². The van der Waals surface area contributed by atoms with E-state index in [-0.39, 0.29) is 29.6 Å². The molecule has 0 heterocycles. The highest BCUT2D eigenvalue weighted by Crippen LogP contribution is 2.51. The Morgan fingerprint density at radius 3 is 2.54 bits per heavy atom. The van der Waals surface area contributed by atoms with Crippen molar-refractivity contribution in [2.75, 3.05) is 0 Å². The summed E-state index contributed by atoms with van der Waals surface area (Å²) in [6, 6.07) is 0. The van der Waals surface area contributed by atoms with E-state index in [2.05, 4.69) is 26.0 Å². The van der Waals surface area contributed by atoms with Gasteiger partial charge in [0, 0.05) is 12.0 Å². The van der Waals surface area contributed by atoms with Crippen LogP contribution in [-0.2, 0) is 19.4 Å². The second kappa shape index (κ2) is 9.20. The first kappa shape index (κ1) is 22.6. The predicted octanol–water partition coefficient (Wildman–Crippen LogP) is 4.19. The summed E-state index contributed by atoms with van der Waals surface area (Å²) in [6.07, 6.45) is 11.5. The van der Waals surface area contributed by atoms with Gasteiger partial charge in [-0.2, -0.15) is 8.42 Å². The van der Waals surface area contributed by atoms with E-state index in [9.17, 15) is 13.2 Å². The molecule has 0 aromatic rings. The summed E-state index contributed by atoms with van der Waals surface area (Å²) in [6.45, 7) is 8.16. The number of hydrogen-bond acceptors (Lipinski definition) is 4. The van der Waals surface area contributed by atoms with Crippen LogP contribution < -0.4 is 0 Å². The number of carboxylic acid groups (broad SMARTS) is 1. The van der Waals surface area contributed by atoms with Crippen LogP contribution in [-0.4, -0.2) is 30.2 Å². The molecule has 2 aliphatic carbocycles. The SMILES string of the molecule is C/C=C(\C)[C@H]1C(C)=C[C@H]2CC[C@H](OS(=O)(=O)O)[C@H](C)[C@H]2[C@@H]1/C=C/C=C/C(=O)O. The van der Waals surface area contributed by atoms with E-state index >= 15 is 0 Å². The molecule has 6 atom stereocenters. The minimum Gasteiger partial charge on any atom is -0.478 e. The van der Waals surface area contributed by atoms with Crippen molar-refractivity contribution >= 4 is 16.4 Å². The van der Waals surface area contributed by atoms with E-state index < -0.39 is 22.5 Å². The molecule has 2 rings (SSSR count). The van der Waals surface area contributed by atoms with Crippen molar-refractivity contribution in [3.8, 4) is 0 Å². The average molecular weight is 411 g/mol. The predicted molar refractivity (Wildman–Crippen MR) is 108 cm³/mol. The van der Waals surface area contributed by atoms with Crippen LogP contribution in [0.2, 0.25) is 0 Å². The average Bonchev–Trinajstić information content (AvgIpc) is 2.59. The first-order valence-electron chi connectivity index (χ1n) is 9.59. The molecule has 1 fully saturated rings. The zero-order valence-corrected chi connectivity index (χ0v) is 17.6. The highest BCUT2D eigenvalue weighted by Gasteiger charge is 2.46. The minimum atomic E-state index is -4.51. The number of rotatable bonds is 6. The van der Waals surface area contributed by atoms with Crippen LogP contribution in [0.25, 0.3) is 0 Å². The Balaban J connectivity index is 2.43. The molecule has 2 aliphatic rings. The third-order valence-electron chi connectivity index (χ3n) is 6.14. The highest BCUT2D eigenvalue weighted by atomic mass is 32.3. The Morgan fingerprint density at radius 2 is 1.96 bits per heavy atom. The summed E-state index contributed by atoms with van der Waals surface area (Å²) in [5.74, 6) is -0.444. The highest BCUT2D eigenvalue weighted by molar-refractivity contribution is 7.80. The first-order chi connectivity index (χ1) is 13.0. The Hall–Kier alpha value is -1.70. The largest absolute Gasteiger partial charge is 0.478 e. The molecule has 0 bridgehead atoms. The molecule has 0 saturated heterocycles. The quantitative estimate of drug-likeness (QED) is 0.295. The molecular weight excluding hydrogens is 380 g/mol. The molecule has 0 aromatic carbocycles. The molecule has 2 N–H and O–H groups in total. The summed E-state index contributed by atoms with van der Waals surface area (Å²) in [7, 11) is -4.51. The normalized spacial score (nSPS) is 34.5. The molecule has 7 heteroatoms. The lowest BCUT2D eigenvalue weighted by molar-refractivity contribution is -0.131. The van der Waals surface area contributed by atoms with Crippen LogP contribution in [0.15, 0.2) is 47.6 Å². The zero-order chi connectivity index (χ0) is 21.1. The van der Waals surface area contributed by atoms with Gasteiger partial charge in [0.25, 0.3) is 0 Å². The maximum absolute atomic E-state index is 11.3. The van der Waals surface area contributed by atoms with Gasteiger partial charge < -0.3 is 5.11 Å². The molecule has 0 amide bonds. The maximum atomic E-state index is 11.3. The zero-order valence-electron chi connectivity index (χ0n) is 16.8. The molecule has 6 nitrogen and oxygen atoms in total. The van der Waals surface area contributed by atoms with Gasteiger partial charge in [0.15, 0.2) is 0 Å². The van der Waals surface area contributed by atoms with Gasteiger partial charge in [0.05, 0.1) is 6.10 Å². The van der Waals surface area contributed by atoms with Crippen LogP contribution in [0.5, 0.6) is 0 Å². The molecular formula is C21H30O6S. The van der Waals surface area contributed by atoms with Gasteiger partial charge in [-0.05, 0) is 57.3 Å². The topological polar surface area (TPSA) is 101 Å². The molecule has 0 radical (unpaired) electrons. The Bertz CT molecular complexity index is 805. The van der Waals surface area contributed by atoms with Crippen molar-refractivity contribution in [2.24, 2.45) is 29.6 Å².